The van der Waals surface area contributed by atoms with Gasteiger partial charge >= 0.3 is 0 Å². The van der Waals surface area contributed by atoms with Gasteiger partial charge in [-0.05, 0) is 41.7 Å². The normalized spacial score (nSPS) is 20.8. The Labute approximate surface area is 144 Å². The summed E-state index contributed by atoms with van der Waals surface area (Å²) in [4.78, 5) is 20.0. The maximum absolute atomic E-state index is 12.6. The summed E-state index contributed by atoms with van der Waals surface area (Å²) in [5, 5.41) is 8.40. The zero-order valence-corrected chi connectivity index (χ0v) is 13.5. The number of hydrazone groups is 1. The molecule has 6 nitrogen and oxygen atoms in total. The fourth-order valence-electron chi connectivity index (χ4n) is 3.63. The fraction of sp³-hybridized carbons (Fsp3) is 0.211. The van der Waals surface area contributed by atoms with Gasteiger partial charge in [0.05, 0.1) is 12.8 Å². The van der Waals surface area contributed by atoms with Crippen molar-refractivity contribution in [2.75, 3.05) is 5.32 Å². The SMILES string of the molecule is O=C(Nc1cc2c3c(c[nH]c3c1)C=NNC2)C1CC1c1cccnc1. The van der Waals surface area contributed by atoms with Crippen LogP contribution in [0.3, 0.4) is 0 Å². The molecule has 2 atom stereocenters. The number of benzene rings is 1. The maximum atomic E-state index is 12.6. The van der Waals surface area contributed by atoms with E-state index < -0.39 is 0 Å². The number of amides is 1. The summed E-state index contributed by atoms with van der Waals surface area (Å²) in [6, 6.07) is 7.97. The zero-order valence-electron chi connectivity index (χ0n) is 13.5. The van der Waals surface area contributed by atoms with Gasteiger partial charge in [0.15, 0.2) is 0 Å². The lowest BCUT2D eigenvalue weighted by molar-refractivity contribution is -0.117. The van der Waals surface area contributed by atoms with Crippen molar-refractivity contribution in [3.63, 3.8) is 0 Å². The van der Waals surface area contributed by atoms with Gasteiger partial charge in [0.25, 0.3) is 0 Å². The van der Waals surface area contributed by atoms with Gasteiger partial charge in [-0.1, -0.05) is 6.07 Å². The van der Waals surface area contributed by atoms with Gasteiger partial charge in [-0.2, -0.15) is 5.10 Å². The quantitative estimate of drug-likeness (QED) is 0.690. The van der Waals surface area contributed by atoms with Crippen molar-refractivity contribution in [2.45, 2.75) is 18.9 Å². The Morgan fingerprint density at radius 1 is 1.32 bits per heavy atom. The van der Waals surface area contributed by atoms with Crippen molar-refractivity contribution in [1.82, 2.24) is 15.4 Å². The lowest BCUT2D eigenvalue weighted by Crippen LogP contribution is -2.15. The largest absolute Gasteiger partial charge is 0.360 e. The number of anilines is 1. The van der Waals surface area contributed by atoms with Crippen molar-refractivity contribution in [3.8, 4) is 0 Å². The van der Waals surface area contributed by atoms with E-state index in [4.69, 9.17) is 0 Å². The van der Waals surface area contributed by atoms with Gasteiger partial charge in [0, 0.05) is 46.7 Å². The molecule has 1 aromatic carbocycles. The standard InChI is InChI=1S/C19H17N5O/c25-19(16-6-15(16)11-2-1-3-20-7-11)24-14-4-12-9-22-23-10-13-8-21-17(5-14)18(12)13/h1-5,7-8,10,15-16,21-22H,6,9H2,(H,24,25). The van der Waals surface area contributed by atoms with Gasteiger partial charge in [-0.15, -0.1) is 0 Å². The molecule has 3 N–H and O–H groups in total. The van der Waals surface area contributed by atoms with Crippen LogP contribution in [0.1, 0.15) is 29.0 Å². The number of carbonyl (C=O) groups excluding carboxylic acids is 1. The zero-order chi connectivity index (χ0) is 16.8. The predicted molar refractivity (Wildman–Crippen MR) is 96.4 cm³/mol. The molecule has 0 radical (unpaired) electrons. The predicted octanol–water partition coefficient (Wildman–Crippen LogP) is 2.74. The molecule has 6 heteroatoms. The Hall–Kier alpha value is -3.15. The van der Waals surface area contributed by atoms with E-state index >= 15 is 0 Å². The Morgan fingerprint density at radius 2 is 2.28 bits per heavy atom. The fourth-order valence-corrected chi connectivity index (χ4v) is 3.63. The first kappa shape index (κ1) is 14.2. The highest BCUT2D eigenvalue weighted by Gasteiger charge is 2.44. The first-order valence-corrected chi connectivity index (χ1v) is 8.40. The highest BCUT2D eigenvalue weighted by atomic mass is 16.2. The number of hydrogen-bond acceptors (Lipinski definition) is 4. The number of pyridine rings is 1. The third-order valence-corrected chi connectivity index (χ3v) is 4.96. The van der Waals surface area contributed by atoms with E-state index in [1.54, 1.807) is 6.20 Å². The van der Waals surface area contributed by atoms with Gasteiger partial charge in [-0.3, -0.25) is 9.78 Å². The average molecular weight is 331 g/mol. The molecule has 2 aromatic heterocycles. The smallest absolute Gasteiger partial charge is 0.228 e. The monoisotopic (exact) mass is 331 g/mol. The molecule has 1 amide bonds. The summed E-state index contributed by atoms with van der Waals surface area (Å²) in [7, 11) is 0. The second-order valence-electron chi connectivity index (χ2n) is 6.62. The van der Waals surface area contributed by atoms with Crippen LogP contribution in [0, 0.1) is 5.92 Å². The number of nitrogens with one attached hydrogen (secondary N) is 3. The molecular weight excluding hydrogens is 314 g/mol. The molecule has 0 saturated heterocycles. The summed E-state index contributed by atoms with van der Waals surface area (Å²) in [5.74, 6) is 0.385. The van der Waals surface area contributed by atoms with Gasteiger partial charge in [0.2, 0.25) is 5.91 Å². The Bertz CT molecular complexity index is 992. The number of H-pyrrole nitrogens is 1. The van der Waals surface area contributed by atoms with E-state index in [1.807, 2.05) is 42.9 Å². The molecule has 124 valence electrons. The molecule has 2 unspecified atom stereocenters. The Balaban J connectivity index is 1.38. The molecule has 1 saturated carbocycles. The lowest BCUT2D eigenvalue weighted by atomic mass is 10.1. The first-order chi connectivity index (χ1) is 12.3. The van der Waals surface area contributed by atoms with E-state index in [9.17, 15) is 4.79 Å². The van der Waals surface area contributed by atoms with E-state index in [-0.39, 0.29) is 17.7 Å². The minimum Gasteiger partial charge on any atom is -0.360 e. The van der Waals surface area contributed by atoms with Crippen LogP contribution in [0.15, 0.2) is 48.0 Å². The molecule has 3 heterocycles. The highest BCUT2D eigenvalue weighted by Crippen LogP contribution is 2.47. The van der Waals surface area contributed by atoms with Crippen LogP contribution < -0.4 is 10.7 Å². The molecule has 1 aliphatic heterocycles. The van der Waals surface area contributed by atoms with Gasteiger partial charge < -0.3 is 15.7 Å². The number of aromatic nitrogens is 2. The van der Waals surface area contributed by atoms with Crippen LogP contribution in [-0.2, 0) is 11.3 Å². The van der Waals surface area contributed by atoms with E-state index in [0.29, 0.717) is 6.54 Å². The van der Waals surface area contributed by atoms with Crippen molar-refractivity contribution in [2.24, 2.45) is 11.0 Å². The van der Waals surface area contributed by atoms with Crippen LogP contribution in [0.4, 0.5) is 5.69 Å². The third-order valence-electron chi connectivity index (χ3n) is 4.96. The van der Waals surface area contributed by atoms with Crippen LogP contribution >= 0.6 is 0 Å². The molecule has 2 aliphatic rings. The molecule has 3 aromatic rings. The van der Waals surface area contributed by atoms with Crippen LogP contribution in [0.25, 0.3) is 10.9 Å². The first-order valence-electron chi connectivity index (χ1n) is 8.40. The van der Waals surface area contributed by atoms with Crippen LogP contribution in [-0.4, -0.2) is 22.1 Å². The average Bonchev–Trinajstić information content (AvgIpc) is 3.37. The van der Waals surface area contributed by atoms with Crippen LogP contribution in [0.2, 0.25) is 0 Å². The summed E-state index contributed by atoms with van der Waals surface area (Å²) < 4.78 is 0. The molecule has 0 bridgehead atoms. The summed E-state index contributed by atoms with van der Waals surface area (Å²) >= 11 is 0. The van der Waals surface area contributed by atoms with E-state index in [2.05, 4.69) is 25.8 Å². The Kier molecular flexibility index (Phi) is 3.09. The summed E-state index contributed by atoms with van der Waals surface area (Å²) in [6.07, 6.45) is 8.25. The van der Waals surface area contributed by atoms with Crippen molar-refractivity contribution >= 4 is 28.7 Å². The third kappa shape index (κ3) is 2.46. The van der Waals surface area contributed by atoms with Crippen molar-refractivity contribution in [3.05, 3.63) is 59.5 Å². The second-order valence-corrected chi connectivity index (χ2v) is 6.62. The maximum Gasteiger partial charge on any atom is 0.228 e. The molecule has 5 rings (SSSR count). The minimum atomic E-state index is 0.0275. The lowest BCUT2D eigenvalue weighted by Gasteiger charge is -2.09. The number of nitrogens with zero attached hydrogens (tertiary/aromatic N) is 2. The van der Waals surface area contributed by atoms with Gasteiger partial charge in [-0.25, -0.2) is 0 Å². The second kappa shape index (κ2) is 5.44. The van der Waals surface area contributed by atoms with E-state index in [1.165, 1.54) is 0 Å². The van der Waals surface area contributed by atoms with Crippen molar-refractivity contribution < 1.29 is 4.79 Å². The molecule has 1 aliphatic carbocycles. The minimum absolute atomic E-state index is 0.0275. The number of carbonyl (C=O) groups is 1. The number of rotatable bonds is 3. The van der Waals surface area contributed by atoms with Crippen LogP contribution in [0.5, 0.6) is 0 Å². The molecule has 25 heavy (non-hydrogen) atoms. The Morgan fingerprint density at radius 3 is 3.16 bits per heavy atom. The van der Waals surface area contributed by atoms with Gasteiger partial charge in [0.1, 0.15) is 0 Å². The highest BCUT2D eigenvalue weighted by molar-refractivity contribution is 6.04. The summed E-state index contributed by atoms with van der Waals surface area (Å²) in [5.41, 5.74) is 8.18. The topological polar surface area (TPSA) is 82.2 Å². The molecule has 0 spiro atoms. The molecule has 1 fully saturated rings. The number of aromatic amines is 1. The van der Waals surface area contributed by atoms with E-state index in [0.717, 1.165) is 39.7 Å². The molecular formula is C19H17N5O. The van der Waals surface area contributed by atoms with Crippen molar-refractivity contribution in [1.29, 1.82) is 0 Å². The number of hydrogen-bond donors (Lipinski definition) is 3. The summed E-state index contributed by atoms with van der Waals surface area (Å²) in [6.45, 7) is 0.642.